The summed E-state index contributed by atoms with van der Waals surface area (Å²) < 4.78 is 53.7. The first kappa shape index (κ1) is 61.5. The molecule has 20 nitrogen and oxygen atoms in total. The van der Waals surface area contributed by atoms with E-state index in [9.17, 15) is 9.90 Å². The third-order valence-corrected chi connectivity index (χ3v) is 15.5. The standard InChI is InChI=1S/C33H35N5O5.C27H28O5.C6H6BrN5/c1-32(42-21-25-15-9-4-10-16-25)29(41-20-24-13-7-3-8-14-24)27(22-40-19-23-11-5-2-6-12-23)43-33(32,39)28-18-17-26-30(34)36-31(35)37-38(26)28;1-27(31-19-23-15-9-4-10-16-23)25(30-18-22-13-7-3-8-14-22)24(32-26(27)28)20-29-17-21-11-5-2-6-12-21;7-4-2-1-3-5(8)10-6(9)11-12(3)4/h2-18,27,29,39H,19-22H2,1H3,(H4,34,35,36,37);2-16,24-25H,17-20H2,1H3;1-2H,(H4,8,9,10,11)/t27-,29-,32-,33+;24-,25-,27-;/m11./s1. The number of carbonyl (C=O) groups is 1. The number of cyclic esters (lactones) is 1. The molecule has 0 bridgehead atoms. The molecule has 0 radical (unpaired) electrons. The molecule has 21 heteroatoms. The summed E-state index contributed by atoms with van der Waals surface area (Å²) in [4.78, 5) is 20.8. The van der Waals surface area contributed by atoms with Gasteiger partial charge in [-0.25, -0.2) is 13.8 Å². The highest BCUT2D eigenvalue weighted by atomic mass is 79.9. The van der Waals surface area contributed by atoms with Crippen LogP contribution >= 0.6 is 15.9 Å². The summed E-state index contributed by atoms with van der Waals surface area (Å²) in [7, 11) is 0. The van der Waals surface area contributed by atoms with Crippen LogP contribution in [-0.2, 0) is 88.1 Å². The maximum Gasteiger partial charge on any atom is 0.341 e. The van der Waals surface area contributed by atoms with Crippen molar-refractivity contribution in [2.24, 2.45) is 0 Å². The Morgan fingerprint density at radius 1 is 0.494 bits per heavy atom. The van der Waals surface area contributed by atoms with E-state index in [2.05, 4.69) is 36.1 Å². The molecule has 2 aliphatic heterocycles. The predicted molar refractivity (Wildman–Crippen MR) is 331 cm³/mol. The number of hydrogen-bond acceptors (Lipinski definition) is 18. The molecule has 87 heavy (non-hydrogen) atoms. The van der Waals surface area contributed by atoms with E-state index in [0.717, 1.165) is 43.5 Å². The maximum absolute atomic E-state index is 12.9. The second kappa shape index (κ2) is 28.3. The van der Waals surface area contributed by atoms with Gasteiger partial charge in [0, 0.05) is 0 Å². The lowest BCUT2D eigenvalue weighted by Gasteiger charge is -2.40. The quantitative estimate of drug-likeness (QED) is 0.0419. The fraction of sp³-hybridized carbons (Fsp3) is 0.258. The van der Waals surface area contributed by atoms with Crippen LogP contribution in [0.4, 0.5) is 23.5 Å². The first-order valence-electron chi connectivity index (χ1n) is 28.2. The summed E-state index contributed by atoms with van der Waals surface area (Å²) >= 11 is 3.30. The van der Waals surface area contributed by atoms with Crippen molar-refractivity contribution in [1.29, 1.82) is 0 Å². The van der Waals surface area contributed by atoms with Gasteiger partial charge in [-0.2, -0.15) is 9.97 Å². The number of hydrogen-bond donors (Lipinski definition) is 5. The smallest absolute Gasteiger partial charge is 0.341 e. The lowest BCUT2D eigenvalue weighted by Crippen LogP contribution is -2.55. The van der Waals surface area contributed by atoms with Gasteiger partial charge in [-0.3, -0.25) is 0 Å². The molecule has 0 unspecified atom stereocenters. The van der Waals surface area contributed by atoms with Crippen LogP contribution in [0, 0.1) is 0 Å². The average molecular weight is 1240 g/mol. The zero-order valence-corrected chi connectivity index (χ0v) is 49.7. The van der Waals surface area contributed by atoms with E-state index >= 15 is 0 Å². The molecule has 12 rings (SSSR count). The summed E-state index contributed by atoms with van der Waals surface area (Å²) in [5, 5.41) is 20.9. The van der Waals surface area contributed by atoms with Gasteiger partial charge in [0.15, 0.2) is 28.9 Å². The normalized spacial score (nSPS) is 21.4. The zero-order valence-electron chi connectivity index (χ0n) is 48.1. The average Bonchev–Trinajstić information content (AvgIpc) is 1.63. The number of esters is 1. The number of fused-ring (bicyclic) bond motifs is 2. The van der Waals surface area contributed by atoms with Crippen molar-refractivity contribution in [3.05, 3.63) is 250 Å². The molecular weight excluding hydrogens is 1170 g/mol. The van der Waals surface area contributed by atoms with Crippen LogP contribution in [0.3, 0.4) is 0 Å². The monoisotopic (exact) mass is 1240 g/mol. The number of aliphatic hydroxyl groups is 1. The van der Waals surface area contributed by atoms with Crippen molar-refractivity contribution in [2.45, 2.75) is 94.9 Å². The van der Waals surface area contributed by atoms with E-state index in [4.69, 9.17) is 60.8 Å². The molecule has 2 fully saturated rings. The predicted octanol–water partition coefficient (Wildman–Crippen LogP) is 9.56. The summed E-state index contributed by atoms with van der Waals surface area (Å²) in [6, 6.07) is 65.9. The Hall–Kier alpha value is -8.61. The fourth-order valence-corrected chi connectivity index (χ4v) is 10.7. The molecule has 10 aromatic rings. The first-order chi connectivity index (χ1) is 42.2. The fourth-order valence-electron chi connectivity index (χ4n) is 10.3. The molecule has 7 atom stereocenters. The Kier molecular flexibility index (Phi) is 20.0. The molecular formula is C66H69BrN10O10. The largest absolute Gasteiger partial charge is 0.455 e. The number of nitrogens with zero attached hydrogens (tertiary/aromatic N) is 6. The number of anilines is 4. The molecule has 2 saturated heterocycles. The van der Waals surface area contributed by atoms with Crippen LogP contribution in [0.1, 0.15) is 52.9 Å². The SMILES string of the molecule is C[C@@]1(OCc2ccccc2)[C@H](OCc2ccccc2)[C@@H](COCc2ccccc2)O[C@@]1(O)c1ccc2c(N)nc(N)nn12.C[C@]1(OCc2ccccc2)C(=O)O[C@H](COCc2ccccc2)[C@H]1OCc1ccccc1.Nc1nc(N)c2ccc(Br)n2n1. The minimum atomic E-state index is -2.05. The van der Waals surface area contributed by atoms with Gasteiger partial charge in [0.2, 0.25) is 17.7 Å². The van der Waals surface area contributed by atoms with Gasteiger partial charge < -0.3 is 65.9 Å². The van der Waals surface area contributed by atoms with Crippen LogP contribution in [0.2, 0.25) is 0 Å². The zero-order chi connectivity index (χ0) is 60.8. The van der Waals surface area contributed by atoms with E-state index < -0.39 is 47.4 Å². The van der Waals surface area contributed by atoms with Gasteiger partial charge in [0.05, 0.1) is 52.9 Å². The second-order valence-electron chi connectivity index (χ2n) is 21.1. The molecule has 4 aromatic heterocycles. The Bertz CT molecular complexity index is 3810. The second-order valence-corrected chi connectivity index (χ2v) is 21.9. The number of halogens is 1. The molecule has 0 saturated carbocycles. The van der Waals surface area contributed by atoms with E-state index in [1.165, 1.54) is 4.52 Å². The number of rotatable bonds is 21. The van der Waals surface area contributed by atoms with Gasteiger partial charge in [0.25, 0.3) is 0 Å². The van der Waals surface area contributed by atoms with Crippen LogP contribution in [0.5, 0.6) is 0 Å². The summed E-state index contributed by atoms with van der Waals surface area (Å²) in [6.45, 7) is 5.77. The van der Waals surface area contributed by atoms with Crippen molar-refractivity contribution in [3.8, 4) is 0 Å². The van der Waals surface area contributed by atoms with Crippen molar-refractivity contribution in [1.82, 2.24) is 29.2 Å². The van der Waals surface area contributed by atoms with Gasteiger partial charge in [-0.15, -0.1) is 10.2 Å². The third kappa shape index (κ3) is 14.6. The number of nitrogen functional groups attached to an aromatic ring is 4. The van der Waals surface area contributed by atoms with E-state index in [1.54, 1.807) is 30.5 Å². The third-order valence-electron chi connectivity index (χ3n) is 14.9. The van der Waals surface area contributed by atoms with E-state index in [-0.39, 0.29) is 56.4 Å². The summed E-state index contributed by atoms with van der Waals surface area (Å²) in [5.74, 6) is -1.81. The number of nitrogens with two attached hydrogens (primary N) is 4. The molecule has 6 aromatic carbocycles. The van der Waals surface area contributed by atoms with Gasteiger partial charge >= 0.3 is 5.97 Å². The summed E-state index contributed by atoms with van der Waals surface area (Å²) in [6.07, 6.45) is -2.65. The highest BCUT2D eigenvalue weighted by Crippen LogP contribution is 2.50. The van der Waals surface area contributed by atoms with Crippen molar-refractivity contribution in [3.63, 3.8) is 0 Å². The maximum atomic E-state index is 12.9. The van der Waals surface area contributed by atoms with E-state index in [0.29, 0.717) is 31.2 Å². The molecule has 0 spiro atoms. The van der Waals surface area contributed by atoms with Gasteiger partial charge in [-0.1, -0.05) is 182 Å². The topological polar surface area (TPSA) is 276 Å². The van der Waals surface area contributed by atoms with Gasteiger partial charge in [0.1, 0.15) is 39.6 Å². The van der Waals surface area contributed by atoms with Crippen molar-refractivity contribution in [2.75, 3.05) is 36.1 Å². The van der Waals surface area contributed by atoms with Crippen molar-refractivity contribution >= 4 is 56.5 Å². The summed E-state index contributed by atoms with van der Waals surface area (Å²) in [5.41, 5.74) is 27.9. The first-order valence-corrected chi connectivity index (χ1v) is 29.0. The number of carbonyl (C=O) groups excluding carboxylic acids is 1. The Morgan fingerprint density at radius 2 is 0.885 bits per heavy atom. The van der Waals surface area contributed by atoms with E-state index in [1.807, 2.05) is 194 Å². The highest BCUT2D eigenvalue weighted by molar-refractivity contribution is 9.10. The lowest BCUT2D eigenvalue weighted by molar-refractivity contribution is -0.294. The molecule has 0 aliphatic carbocycles. The highest BCUT2D eigenvalue weighted by Gasteiger charge is 2.67. The Morgan fingerprint density at radius 3 is 1.37 bits per heavy atom. The number of benzene rings is 6. The Labute approximate surface area is 512 Å². The van der Waals surface area contributed by atoms with Crippen LogP contribution in [0.15, 0.2) is 211 Å². The van der Waals surface area contributed by atoms with Crippen LogP contribution in [-0.4, -0.2) is 89.1 Å². The number of ether oxygens (including phenoxy) is 8. The van der Waals surface area contributed by atoms with Crippen LogP contribution in [0.25, 0.3) is 11.0 Å². The Balaban J connectivity index is 0.000000166. The molecule has 6 heterocycles. The minimum absolute atomic E-state index is 0.0458. The lowest BCUT2D eigenvalue weighted by atomic mass is 9.87. The van der Waals surface area contributed by atoms with Gasteiger partial charge in [-0.05, 0) is 87.4 Å². The minimum Gasteiger partial charge on any atom is -0.455 e. The van der Waals surface area contributed by atoms with Crippen LogP contribution < -0.4 is 22.9 Å². The number of aromatic nitrogens is 6. The molecule has 2 aliphatic rings. The molecule has 9 N–H and O–H groups in total. The molecule has 0 amide bonds. The molecule has 450 valence electrons. The van der Waals surface area contributed by atoms with Crippen molar-refractivity contribution < 1.29 is 47.8 Å².